The first-order valence-corrected chi connectivity index (χ1v) is 5.61. The van der Waals surface area contributed by atoms with E-state index in [4.69, 9.17) is 22.1 Å². The van der Waals surface area contributed by atoms with Gasteiger partial charge in [0.05, 0.1) is 16.3 Å². The maximum atomic E-state index is 13.4. The monoisotopic (exact) mass is 306 g/mol. The topological polar surface area (TPSA) is 48.1 Å². The number of hydrogen-bond donors (Lipinski definition) is 1. The highest BCUT2D eigenvalue weighted by Crippen LogP contribution is 2.35. The van der Waals surface area contributed by atoms with E-state index in [0.717, 1.165) is 24.4 Å². The summed E-state index contributed by atoms with van der Waals surface area (Å²) in [5.41, 5.74) is 4.24. The van der Waals surface area contributed by atoms with Crippen molar-refractivity contribution in [1.29, 1.82) is 0 Å². The van der Waals surface area contributed by atoms with E-state index in [9.17, 15) is 17.6 Å². The predicted octanol–water partition coefficient (Wildman–Crippen LogP) is 4.27. The van der Waals surface area contributed by atoms with Crippen LogP contribution in [0.5, 0.6) is 11.6 Å². The molecule has 0 spiro atoms. The summed E-state index contributed by atoms with van der Waals surface area (Å²) in [6, 6.07) is 3.43. The largest absolute Gasteiger partial charge is 0.434 e. The summed E-state index contributed by atoms with van der Waals surface area (Å²) >= 11 is 5.51. The van der Waals surface area contributed by atoms with Gasteiger partial charge in [-0.05, 0) is 24.3 Å². The van der Waals surface area contributed by atoms with Crippen molar-refractivity contribution in [2.24, 2.45) is 0 Å². The summed E-state index contributed by atoms with van der Waals surface area (Å²) in [5.74, 6) is -1.41. The van der Waals surface area contributed by atoms with Gasteiger partial charge in [-0.15, -0.1) is 0 Å². The van der Waals surface area contributed by atoms with Gasteiger partial charge in [0, 0.05) is 6.20 Å². The molecule has 0 radical (unpaired) electrons. The summed E-state index contributed by atoms with van der Waals surface area (Å²) in [5, 5.41) is 0.0650. The van der Waals surface area contributed by atoms with E-state index in [2.05, 4.69) is 4.98 Å². The number of rotatable bonds is 2. The number of ether oxygens (including phenoxy) is 1. The highest BCUT2D eigenvalue weighted by molar-refractivity contribution is 6.30. The van der Waals surface area contributed by atoms with Crippen molar-refractivity contribution in [3.05, 3.63) is 46.9 Å². The van der Waals surface area contributed by atoms with Gasteiger partial charge < -0.3 is 10.5 Å². The highest BCUT2D eigenvalue weighted by atomic mass is 35.5. The Morgan fingerprint density at radius 2 is 1.90 bits per heavy atom. The lowest BCUT2D eigenvalue weighted by Crippen LogP contribution is -2.06. The molecule has 0 saturated heterocycles. The maximum Gasteiger partial charge on any atom is 0.416 e. The molecule has 0 bridgehead atoms. The second kappa shape index (κ2) is 5.16. The van der Waals surface area contributed by atoms with Crippen molar-refractivity contribution < 1.29 is 22.3 Å². The van der Waals surface area contributed by atoms with Crippen LogP contribution in [0.25, 0.3) is 0 Å². The van der Waals surface area contributed by atoms with E-state index in [1.165, 1.54) is 0 Å². The lowest BCUT2D eigenvalue weighted by molar-refractivity contribution is -0.137. The molecule has 8 heteroatoms. The Morgan fingerprint density at radius 1 is 1.20 bits per heavy atom. The Labute approximate surface area is 115 Å². The number of anilines is 1. The zero-order valence-electron chi connectivity index (χ0n) is 9.71. The fourth-order valence-electron chi connectivity index (χ4n) is 1.40. The fourth-order valence-corrected chi connectivity index (χ4v) is 1.54. The van der Waals surface area contributed by atoms with Gasteiger partial charge in [-0.2, -0.15) is 13.2 Å². The lowest BCUT2D eigenvalue weighted by atomic mass is 10.2. The standard InChI is InChI=1S/C12H7ClF4N2O/c13-7-4-8(14)11(19-5-7)20-10-2-1-6(3-9(10)18)12(15,16)17/h1-5H,18H2. The lowest BCUT2D eigenvalue weighted by Gasteiger charge is -2.11. The molecular weight excluding hydrogens is 300 g/mol. The summed E-state index contributed by atoms with van der Waals surface area (Å²) < 4.78 is 55.8. The smallest absolute Gasteiger partial charge is 0.416 e. The highest BCUT2D eigenvalue weighted by Gasteiger charge is 2.31. The third kappa shape index (κ3) is 3.11. The van der Waals surface area contributed by atoms with E-state index < -0.39 is 23.4 Å². The van der Waals surface area contributed by atoms with Crippen LogP contribution in [0.4, 0.5) is 23.2 Å². The van der Waals surface area contributed by atoms with Gasteiger partial charge in [-0.25, -0.2) is 9.37 Å². The number of nitrogens with two attached hydrogens (primary N) is 1. The van der Waals surface area contributed by atoms with Gasteiger partial charge in [0.15, 0.2) is 11.6 Å². The molecule has 2 N–H and O–H groups in total. The number of hydrogen-bond acceptors (Lipinski definition) is 3. The quantitative estimate of drug-likeness (QED) is 0.666. The normalized spacial score (nSPS) is 11.4. The first kappa shape index (κ1) is 14.4. The summed E-state index contributed by atoms with van der Waals surface area (Å²) in [7, 11) is 0. The molecule has 1 aromatic heterocycles. The van der Waals surface area contributed by atoms with E-state index in [-0.39, 0.29) is 16.5 Å². The van der Waals surface area contributed by atoms with Crippen molar-refractivity contribution in [3.8, 4) is 11.6 Å². The van der Waals surface area contributed by atoms with Crippen molar-refractivity contribution in [3.63, 3.8) is 0 Å². The molecule has 0 aliphatic rings. The molecule has 0 aliphatic carbocycles. The predicted molar refractivity (Wildman–Crippen MR) is 65.1 cm³/mol. The first-order chi connectivity index (χ1) is 9.27. The van der Waals surface area contributed by atoms with Gasteiger partial charge >= 0.3 is 6.18 Å². The number of alkyl halides is 3. The molecule has 0 atom stereocenters. The Balaban J connectivity index is 2.30. The van der Waals surface area contributed by atoms with E-state index in [1.807, 2.05) is 0 Å². The van der Waals surface area contributed by atoms with E-state index >= 15 is 0 Å². The SMILES string of the molecule is Nc1cc(C(F)(F)F)ccc1Oc1ncc(Cl)cc1F. The molecule has 0 saturated carbocycles. The van der Waals surface area contributed by atoms with Crippen molar-refractivity contribution in [2.45, 2.75) is 6.18 Å². The zero-order chi connectivity index (χ0) is 14.9. The molecule has 1 aromatic carbocycles. The van der Waals surface area contributed by atoms with Crippen molar-refractivity contribution >= 4 is 17.3 Å². The number of halogens is 5. The number of nitrogens with zero attached hydrogens (tertiary/aromatic N) is 1. The zero-order valence-corrected chi connectivity index (χ0v) is 10.5. The molecule has 3 nitrogen and oxygen atoms in total. The fraction of sp³-hybridized carbons (Fsp3) is 0.0833. The molecule has 20 heavy (non-hydrogen) atoms. The minimum absolute atomic E-state index is 0.0650. The molecule has 0 aliphatic heterocycles. The number of benzene rings is 1. The second-order valence-electron chi connectivity index (χ2n) is 3.79. The van der Waals surface area contributed by atoms with Crippen LogP contribution in [0.2, 0.25) is 5.02 Å². The van der Waals surface area contributed by atoms with Crippen LogP contribution in [-0.4, -0.2) is 4.98 Å². The first-order valence-electron chi connectivity index (χ1n) is 5.23. The third-order valence-corrected chi connectivity index (χ3v) is 2.52. The van der Waals surface area contributed by atoms with Crippen LogP contribution in [0.1, 0.15) is 5.56 Å². The third-order valence-electron chi connectivity index (χ3n) is 2.32. The average Bonchev–Trinajstić information content (AvgIpc) is 2.33. The summed E-state index contributed by atoms with van der Waals surface area (Å²) in [6.45, 7) is 0. The summed E-state index contributed by atoms with van der Waals surface area (Å²) in [6.07, 6.45) is -3.38. The molecule has 1 heterocycles. The van der Waals surface area contributed by atoms with Gasteiger partial charge in [0.1, 0.15) is 0 Å². The number of pyridine rings is 1. The molecule has 0 unspecified atom stereocenters. The van der Waals surface area contributed by atoms with Gasteiger partial charge in [-0.1, -0.05) is 11.6 Å². The van der Waals surface area contributed by atoms with E-state index in [0.29, 0.717) is 6.07 Å². The molecule has 2 rings (SSSR count). The molecule has 0 fully saturated rings. The van der Waals surface area contributed by atoms with Crippen LogP contribution in [0.3, 0.4) is 0 Å². The number of nitrogen functional groups attached to an aromatic ring is 1. The Morgan fingerprint density at radius 3 is 2.45 bits per heavy atom. The Hall–Kier alpha value is -2.02. The number of aromatic nitrogens is 1. The van der Waals surface area contributed by atoms with Crippen LogP contribution in [0, 0.1) is 5.82 Å². The maximum absolute atomic E-state index is 13.4. The minimum atomic E-state index is -4.52. The second-order valence-corrected chi connectivity index (χ2v) is 4.23. The van der Waals surface area contributed by atoms with Crippen LogP contribution in [0.15, 0.2) is 30.5 Å². The van der Waals surface area contributed by atoms with Crippen LogP contribution < -0.4 is 10.5 Å². The summed E-state index contributed by atoms with van der Waals surface area (Å²) in [4.78, 5) is 3.58. The van der Waals surface area contributed by atoms with E-state index in [1.54, 1.807) is 0 Å². The Bertz CT molecular complexity index is 646. The van der Waals surface area contributed by atoms with Crippen LogP contribution >= 0.6 is 11.6 Å². The van der Waals surface area contributed by atoms with Crippen molar-refractivity contribution in [2.75, 3.05) is 5.73 Å². The van der Waals surface area contributed by atoms with Crippen molar-refractivity contribution in [1.82, 2.24) is 4.98 Å². The average molecular weight is 307 g/mol. The van der Waals surface area contributed by atoms with Gasteiger partial charge in [0.25, 0.3) is 5.88 Å². The molecule has 2 aromatic rings. The molecule has 0 amide bonds. The molecular formula is C12H7ClF4N2O. The van der Waals surface area contributed by atoms with Gasteiger partial charge in [0.2, 0.25) is 0 Å². The van der Waals surface area contributed by atoms with Crippen LogP contribution in [-0.2, 0) is 6.18 Å². The minimum Gasteiger partial charge on any atom is -0.434 e. The van der Waals surface area contributed by atoms with Gasteiger partial charge in [-0.3, -0.25) is 0 Å². The molecule has 106 valence electrons. The Kier molecular flexibility index (Phi) is 3.71.